The molecule has 19 heavy (non-hydrogen) atoms. The van der Waals surface area contributed by atoms with Crippen molar-refractivity contribution in [1.82, 2.24) is 0 Å². The lowest BCUT2D eigenvalue weighted by atomic mass is 10.0. The molecule has 2 rings (SSSR count). The monoisotopic (exact) mass is 258 g/mol. The first-order chi connectivity index (χ1) is 9.10. The zero-order valence-corrected chi connectivity index (χ0v) is 10.9. The maximum Gasteiger partial charge on any atom is 0.150 e. The van der Waals surface area contributed by atoms with E-state index in [-0.39, 0.29) is 11.9 Å². The molecule has 0 aliphatic rings. The molecule has 0 radical (unpaired) electrons. The van der Waals surface area contributed by atoms with Crippen molar-refractivity contribution in [3.63, 3.8) is 0 Å². The fraction of sp³-hybridized carbons (Fsp3) is 0.188. The molecule has 0 saturated heterocycles. The van der Waals surface area contributed by atoms with Gasteiger partial charge in [0.2, 0.25) is 0 Å². The van der Waals surface area contributed by atoms with E-state index in [1.165, 1.54) is 18.2 Å². The molecule has 0 unspecified atom stereocenters. The van der Waals surface area contributed by atoms with E-state index in [9.17, 15) is 9.18 Å². The third-order valence-corrected chi connectivity index (χ3v) is 2.68. The first kappa shape index (κ1) is 13.3. The Balaban J connectivity index is 2.36. The molecule has 0 fully saturated rings. The van der Waals surface area contributed by atoms with E-state index in [4.69, 9.17) is 4.74 Å². The van der Waals surface area contributed by atoms with Crippen molar-refractivity contribution in [2.45, 2.75) is 20.0 Å². The van der Waals surface area contributed by atoms with E-state index in [1.807, 2.05) is 38.1 Å². The number of halogens is 1. The van der Waals surface area contributed by atoms with Crippen LogP contribution in [-0.4, -0.2) is 12.4 Å². The molecule has 3 heteroatoms. The number of carbonyl (C=O) groups excluding carboxylic acids is 1. The lowest BCUT2D eigenvalue weighted by Gasteiger charge is -2.11. The zero-order valence-electron chi connectivity index (χ0n) is 10.9. The van der Waals surface area contributed by atoms with Crippen LogP contribution in [0.15, 0.2) is 42.5 Å². The van der Waals surface area contributed by atoms with Gasteiger partial charge in [0, 0.05) is 5.56 Å². The predicted octanol–water partition coefficient (Wildman–Crippen LogP) is 4.09. The van der Waals surface area contributed by atoms with Crippen LogP contribution in [0.3, 0.4) is 0 Å². The third kappa shape index (κ3) is 3.19. The van der Waals surface area contributed by atoms with E-state index in [0.29, 0.717) is 11.1 Å². The van der Waals surface area contributed by atoms with Gasteiger partial charge in [-0.2, -0.15) is 0 Å². The minimum atomic E-state index is -0.358. The molecule has 98 valence electrons. The van der Waals surface area contributed by atoms with Gasteiger partial charge in [-0.1, -0.05) is 12.1 Å². The molecule has 0 amide bonds. The molecule has 0 atom stereocenters. The first-order valence-electron chi connectivity index (χ1n) is 6.12. The first-order valence-corrected chi connectivity index (χ1v) is 6.12. The van der Waals surface area contributed by atoms with Crippen molar-refractivity contribution < 1.29 is 13.9 Å². The Morgan fingerprint density at radius 3 is 2.37 bits per heavy atom. The van der Waals surface area contributed by atoms with Gasteiger partial charge < -0.3 is 4.74 Å². The van der Waals surface area contributed by atoms with E-state index in [2.05, 4.69) is 0 Å². The minimum Gasteiger partial charge on any atom is -0.491 e. The topological polar surface area (TPSA) is 26.3 Å². The van der Waals surface area contributed by atoms with E-state index in [0.717, 1.165) is 17.6 Å². The van der Waals surface area contributed by atoms with Gasteiger partial charge in [-0.25, -0.2) is 4.39 Å². The fourth-order valence-electron chi connectivity index (χ4n) is 1.87. The lowest BCUT2D eigenvalue weighted by molar-refractivity contribution is 0.112. The van der Waals surface area contributed by atoms with Crippen LogP contribution in [0.25, 0.3) is 11.1 Å². The number of hydrogen-bond donors (Lipinski definition) is 0. The van der Waals surface area contributed by atoms with Crippen molar-refractivity contribution in [1.29, 1.82) is 0 Å². The molecule has 0 aliphatic heterocycles. The van der Waals surface area contributed by atoms with Crippen LogP contribution in [0, 0.1) is 5.82 Å². The average Bonchev–Trinajstić information content (AvgIpc) is 2.39. The average molecular weight is 258 g/mol. The Morgan fingerprint density at radius 1 is 1.11 bits per heavy atom. The molecule has 0 aromatic heterocycles. The van der Waals surface area contributed by atoms with Crippen LogP contribution < -0.4 is 4.74 Å². The second kappa shape index (κ2) is 5.65. The van der Waals surface area contributed by atoms with Gasteiger partial charge >= 0.3 is 0 Å². The van der Waals surface area contributed by atoms with Crippen LogP contribution in [0.2, 0.25) is 0 Å². The second-order valence-corrected chi connectivity index (χ2v) is 4.54. The lowest BCUT2D eigenvalue weighted by Crippen LogP contribution is -2.05. The summed E-state index contributed by atoms with van der Waals surface area (Å²) in [4.78, 5) is 11.0. The maximum atomic E-state index is 13.3. The number of hydrogen-bond acceptors (Lipinski definition) is 2. The minimum absolute atomic E-state index is 0.102. The van der Waals surface area contributed by atoms with Crippen LogP contribution in [0.4, 0.5) is 4.39 Å². The quantitative estimate of drug-likeness (QED) is 0.772. The largest absolute Gasteiger partial charge is 0.491 e. The Bertz CT molecular complexity index is 574. The normalized spacial score (nSPS) is 10.5. The van der Waals surface area contributed by atoms with Gasteiger partial charge in [0.15, 0.2) is 6.29 Å². The summed E-state index contributed by atoms with van der Waals surface area (Å²) >= 11 is 0. The third-order valence-electron chi connectivity index (χ3n) is 2.68. The molecular formula is C16H15FO2. The number of aldehydes is 1. The standard InChI is InChI=1S/C16H15FO2/c1-11(2)19-15-7-4-12(5-8-15)16-9-14(17)6-3-13(16)10-18/h3-11H,1-2H3. The summed E-state index contributed by atoms with van der Waals surface area (Å²) in [7, 11) is 0. The summed E-state index contributed by atoms with van der Waals surface area (Å²) in [6.07, 6.45) is 0.832. The molecule has 0 saturated carbocycles. The van der Waals surface area contributed by atoms with Gasteiger partial charge in [0.05, 0.1) is 6.10 Å². The predicted molar refractivity (Wildman–Crippen MR) is 73.0 cm³/mol. The molecule has 0 heterocycles. The van der Waals surface area contributed by atoms with Gasteiger partial charge in [0.1, 0.15) is 11.6 Å². The van der Waals surface area contributed by atoms with Gasteiger partial charge in [0.25, 0.3) is 0 Å². The summed E-state index contributed by atoms with van der Waals surface area (Å²) in [5.74, 6) is 0.394. The van der Waals surface area contributed by atoms with Gasteiger partial charge in [-0.15, -0.1) is 0 Å². The molecule has 0 spiro atoms. The summed E-state index contributed by atoms with van der Waals surface area (Å²) in [5, 5.41) is 0. The van der Waals surface area contributed by atoms with Crippen molar-refractivity contribution in [3.05, 3.63) is 53.8 Å². The van der Waals surface area contributed by atoms with E-state index in [1.54, 1.807) is 0 Å². The smallest absolute Gasteiger partial charge is 0.150 e. The molecule has 0 aliphatic carbocycles. The zero-order chi connectivity index (χ0) is 13.8. The highest BCUT2D eigenvalue weighted by Gasteiger charge is 2.07. The molecule has 2 nitrogen and oxygen atoms in total. The van der Waals surface area contributed by atoms with Crippen LogP contribution >= 0.6 is 0 Å². The van der Waals surface area contributed by atoms with Crippen LogP contribution in [0.1, 0.15) is 24.2 Å². The number of ether oxygens (including phenoxy) is 1. The molecule has 0 N–H and O–H groups in total. The highest BCUT2D eigenvalue weighted by molar-refractivity contribution is 5.87. The van der Waals surface area contributed by atoms with Crippen molar-refractivity contribution >= 4 is 6.29 Å². The summed E-state index contributed by atoms with van der Waals surface area (Å²) in [6.45, 7) is 3.90. The second-order valence-electron chi connectivity index (χ2n) is 4.54. The number of carbonyl (C=O) groups is 1. The highest BCUT2D eigenvalue weighted by Crippen LogP contribution is 2.26. The SMILES string of the molecule is CC(C)Oc1ccc(-c2cc(F)ccc2C=O)cc1. The summed E-state index contributed by atoms with van der Waals surface area (Å²) < 4.78 is 18.8. The molecular weight excluding hydrogens is 243 g/mol. The van der Waals surface area contributed by atoms with Gasteiger partial charge in [-0.3, -0.25) is 4.79 Å². The Labute approximate surface area is 111 Å². The van der Waals surface area contributed by atoms with Gasteiger partial charge in [-0.05, 0) is 55.3 Å². The Hall–Kier alpha value is -2.16. The van der Waals surface area contributed by atoms with Crippen LogP contribution in [0.5, 0.6) is 5.75 Å². The van der Waals surface area contributed by atoms with Crippen molar-refractivity contribution in [3.8, 4) is 16.9 Å². The maximum absolute atomic E-state index is 13.3. The van der Waals surface area contributed by atoms with Crippen molar-refractivity contribution in [2.75, 3.05) is 0 Å². The summed E-state index contributed by atoms with van der Waals surface area (Å²) in [5.41, 5.74) is 1.85. The summed E-state index contributed by atoms with van der Waals surface area (Å²) in [6, 6.07) is 11.4. The number of benzene rings is 2. The number of rotatable bonds is 4. The Kier molecular flexibility index (Phi) is 3.95. The molecule has 0 bridgehead atoms. The molecule has 2 aromatic rings. The highest BCUT2D eigenvalue weighted by atomic mass is 19.1. The molecule has 2 aromatic carbocycles. The van der Waals surface area contributed by atoms with Crippen molar-refractivity contribution in [2.24, 2.45) is 0 Å². The van der Waals surface area contributed by atoms with E-state index >= 15 is 0 Å². The Morgan fingerprint density at radius 2 is 1.79 bits per heavy atom. The van der Waals surface area contributed by atoms with Crippen LogP contribution in [-0.2, 0) is 0 Å². The fourth-order valence-corrected chi connectivity index (χ4v) is 1.87. The van der Waals surface area contributed by atoms with E-state index < -0.39 is 0 Å².